The molecule has 3 heterocycles. The molecule has 0 spiro atoms. The van der Waals surface area contributed by atoms with Crippen LogP contribution in [0.3, 0.4) is 0 Å². The Hall–Kier alpha value is -2.29. The molecule has 2 atom stereocenters. The Bertz CT molecular complexity index is 900. The summed E-state index contributed by atoms with van der Waals surface area (Å²) < 4.78 is 34.7. The number of carbonyl (C=O) groups is 2. The van der Waals surface area contributed by atoms with Crippen LogP contribution in [0, 0.1) is 5.92 Å². The van der Waals surface area contributed by atoms with Crippen molar-refractivity contribution in [3.05, 3.63) is 18.2 Å². The summed E-state index contributed by atoms with van der Waals surface area (Å²) in [6, 6.07) is 5.04. The van der Waals surface area contributed by atoms with E-state index >= 15 is 0 Å². The number of hydrogen-bond donors (Lipinski definition) is 0. The van der Waals surface area contributed by atoms with E-state index in [9.17, 15) is 18.0 Å². The van der Waals surface area contributed by atoms with Gasteiger partial charge < -0.3 is 19.3 Å². The second kappa shape index (κ2) is 7.27. The van der Waals surface area contributed by atoms with Crippen molar-refractivity contribution in [2.75, 3.05) is 42.7 Å². The number of sulfone groups is 1. The van der Waals surface area contributed by atoms with Crippen LogP contribution >= 0.6 is 0 Å². The first-order valence-corrected chi connectivity index (χ1v) is 11.4. The standard InChI is InChI=1S/C19H24N2O6S/c1-2-20(15-5-8-28(24,25)12-15)19(23)13-9-18(22)21(11-13)14-3-4-16-17(10-14)27-7-6-26-16/h3-4,10,13,15H,2,5-9,11-12H2,1H3. The molecule has 0 bridgehead atoms. The first-order valence-electron chi connectivity index (χ1n) is 9.59. The lowest BCUT2D eigenvalue weighted by Gasteiger charge is -2.29. The Morgan fingerprint density at radius 2 is 2.00 bits per heavy atom. The SMILES string of the molecule is CCN(C(=O)C1CC(=O)N(c2ccc3c(c2)OCCO3)C1)C1CCS(=O)(=O)C1. The fourth-order valence-corrected chi connectivity index (χ4v) is 5.90. The number of carbonyl (C=O) groups excluding carboxylic acids is 2. The van der Waals surface area contributed by atoms with E-state index in [0.29, 0.717) is 43.4 Å². The second-order valence-corrected chi connectivity index (χ2v) is 9.64. The number of fused-ring (bicyclic) bond motifs is 1. The van der Waals surface area contributed by atoms with Gasteiger partial charge in [0, 0.05) is 37.3 Å². The van der Waals surface area contributed by atoms with Crippen molar-refractivity contribution in [2.24, 2.45) is 5.92 Å². The highest BCUT2D eigenvalue weighted by atomic mass is 32.2. The van der Waals surface area contributed by atoms with Crippen LogP contribution in [0.15, 0.2) is 18.2 Å². The summed E-state index contributed by atoms with van der Waals surface area (Å²) in [5.41, 5.74) is 0.677. The Labute approximate surface area is 164 Å². The van der Waals surface area contributed by atoms with E-state index in [0.717, 1.165) is 0 Å². The monoisotopic (exact) mass is 408 g/mol. The van der Waals surface area contributed by atoms with Crippen LogP contribution in [0.2, 0.25) is 0 Å². The second-order valence-electron chi connectivity index (χ2n) is 7.41. The summed E-state index contributed by atoms with van der Waals surface area (Å²) in [6.45, 7) is 3.52. The van der Waals surface area contributed by atoms with Gasteiger partial charge in [-0.1, -0.05) is 0 Å². The molecular formula is C19H24N2O6S. The van der Waals surface area contributed by atoms with Gasteiger partial charge in [-0.15, -0.1) is 0 Å². The van der Waals surface area contributed by atoms with Crippen molar-refractivity contribution in [3.63, 3.8) is 0 Å². The molecule has 0 radical (unpaired) electrons. The minimum atomic E-state index is -3.08. The maximum atomic E-state index is 13.0. The Morgan fingerprint density at radius 3 is 2.68 bits per heavy atom. The average molecular weight is 408 g/mol. The van der Waals surface area contributed by atoms with E-state index in [4.69, 9.17) is 9.47 Å². The zero-order chi connectivity index (χ0) is 19.9. The van der Waals surface area contributed by atoms with Crippen LogP contribution in [0.25, 0.3) is 0 Å². The van der Waals surface area contributed by atoms with Gasteiger partial charge in [0.05, 0.1) is 17.4 Å². The van der Waals surface area contributed by atoms with Crippen LogP contribution in [-0.4, -0.2) is 69.0 Å². The number of anilines is 1. The molecule has 28 heavy (non-hydrogen) atoms. The molecule has 2 amide bonds. The summed E-state index contributed by atoms with van der Waals surface area (Å²) in [7, 11) is -3.08. The molecule has 0 saturated carbocycles. The first kappa shape index (κ1) is 19.0. The van der Waals surface area contributed by atoms with E-state index < -0.39 is 15.8 Å². The van der Waals surface area contributed by atoms with Crippen molar-refractivity contribution in [1.82, 2.24) is 4.90 Å². The van der Waals surface area contributed by atoms with Crippen LogP contribution < -0.4 is 14.4 Å². The highest BCUT2D eigenvalue weighted by Crippen LogP contribution is 2.36. The zero-order valence-corrected chi connectivity index (χ0v) is 16.6. The van der Waals surface area contributed by atoms with Gasteiger partial charge in [-0.3, -0.25) is 9.59 Å². The predicted octanol–water partition coefficient (Wildman–Crippen LogP) is 0.846. The van der Waals surface area contributed by atoms with Gasteiger partial charge in [0.15, 0.2) is 21.3 Å². The number of amides is 2. The zero-order valence-electron chi connectivity index (χ0n) is 15.8. The van der Waals surface area contributed by atoms with Gasteiger partial charge in [0.2, 0.25) is 11.8 Å². The van der Waals surface area contributed by atoms with Gasteiger partial charge in [0.1, 0.15) is 13.2 Å². The van der Waals surface area contributed by atoms with Gasteiger partial charge in [0.25, 0.3) is 0 Å². The molecule has 3 aliphatic rings. The predicted molar refractivity (Wildman–Crippen MR) is 102 cm³/mol. The van der Waals surface area contributed by atoms with E-state index in [1.165, 1.54) is 0 Å². The van der Waals surface area contributed by atoms with Crippen molar-refractivity contribution < 1.29 is 27.5 Å². The van der Waals surface area contributed by atoms with Crippen LogP contribution in [0.5, 0.6) is 11.5 Å². The highest BCUT2D eigenvalue weighted by molar-refractivity contribution is 7.91. The Balaban J connectivity index is 1.49. The molecular weight excluding hydrogens is 384 g/mol. The smallest absolute Gasteiger partial charge is 0.228 e. The molecule has 0 aromatic heterocycles. The Morgan fingerprint density at radius 1 is 1.25 bits per heavy atom. The maximum Gasteiger partial charge on any atom is 0.228 e. The largest absolute Gasteiger partial charge is 0.486 e. The van der Waals surface area contributed by atoms with E-state index in [-0.39, 0.29) is 42.3 Å². The quantitative estimate of drug-likeness (QED) is 0.733. The minimum absolute atomic E-state index is 0.0130. The number of hydrogen-bond acceptors (Lipinski definition) is 6. The molecule has 2 unspecified atom stereocenters. The molecule has 2 fully saturated rings. The lowest BCUT2D eigenvalue weighted by molar-refractivity contribution is -0.137. The normalized spacial score (nSPS) is 25.8. The number of ether oxygens (including phenoxy) is 2. The molecule has 4 rings (SSSR count). The van der Waals surface area contributed by atoms with Crippen molar-refractivity contribution in [1.29, 1.82) is 0 Å². The van der Waals surface area contributed by atoms with E-state index in [1.54, 1.807) is 28.0 Å². The average Bonchev–Trinajstić information content (AvgIpc) is 3.24. The summed E-state index contributed by atoms with van der Waals surface area (Å²) in [5, 5.41) is 0. The van der Waals surface area contributed by atoms with Gasteiger partial charge >= 0.3 is 0 Å². The lowest BCUT2D eigenvalue weighted by Crippen LogP contribution is -2.44. The van der Waals surface area contributed by atoms with Crippen molar-refractivity contribution >= 4 is 27.3 Å². The molecule has 2 saturated heterocycles. The molecule has 0 N–H and O–H groups in total. The third-order valence-corrected chi connectivity index (χ3v) is 7.33. The van der Waals surface area contributed by atoms with Crippen LogP contribution in [0.1, 0.15) is 19.8 Å². The van der Waals surface area contributed by atoms with Crippen LogP contribution in [0.4, 0.5) is 5.69 Å². The molecule has 8 nitrogen and oxygen atoms in total. The third kappa shape index (κ3) is 3.55. The van der Waals surface area contributed by atoms with Crippen molar-refractivity contribution in [3.8, 4) is 11.5 Å². The molecule has 9 heteroatoms. The fraction of sp³-hybridized carbons (Fsp3) is 0.579. The molecule has 152 valence electrons. The lowest BCUT2D eigenvalue weighted by atomic mass is 10.1. The first-order chi connectivity index (χ1) is 13.4. The number of nitrogens with zero attached hydrogens (tertiary/aromatic N) is 2. The summed E-state index contributed by atoms with van der Waals surface area (Å²) in [6.07, 6.45) is 0.595. The van der Waals surface area contributed by atoms with E-state index in [1.807, 2.05) is 6.92 Å². The van der Waals surface area contributed by atoms with Crippen molar-refractivity contribution in [2.45, 2.75) is 25.8 Å². The minimum Gasteiger partial charge on any atom is -0.486 e. The van der Waals surface area contributed by atoms with E-state index in [2.05, 4.69) is 0 Å². The number of rotatable bonds is 4. The summed E-state index contributed by atoms with van der Waals surface area (Å²) in [5.74, 6) is 0.645. The summed E-state index contributed by atoms with van der Waals surface area (Å²) >= 11 is 0. The fourth-order valence-electron chi connectivity index (χ4n) is 4.17. The third-order valence-electron chi connectivity index (χ3n) is 5.58. The highest BCUT2D eigenvalue weighted by Gasteiger charge is 2.41. The molecule has 1 aromatic rings. The molecule has 1 aromatic carbocycles. The van der Waals surface area contributed by atoms with Gasteiger partial charge in [-0.25, -0.2) is 8.42 Å². The van der Waals surface area contributed by atoms with Crippen LogP contribution in [-0.2, 0) is 19.4 Å². The maximum absolute atomic E-state index is 13.0. The van der Waals surface area contributed by atoms with Gasteiger partial charge in [-0.2, -0.15) is 0 Å². The van der Waals surface area contributed by atoms with Gasteiger partial charge in [-0.05, 0) is 25.5 Å². The topological polar surface area (TPSA) is 93.2 Å². The molecule has 0 aliphatic carbocycles. The Kier molecular flexibility index (Phi) is 4.95. The molecule has 3 aliphatic heterocycles. The number of benzene rings is 1. The summed E-state index contributed by atoms with van der Waals surface area (Å²) in [4.78, 5) is 28.8.